The Balaban J connectivity index is 1.53. The fourth-order valence-corrected chi connectivity index (χ4v) is 4.74. The van der Waals surface area contributed by atoms with Gasteiger partial charge >= 0.3 is 0 Å². The third-order valence-electron chi connectivity index (χ3n) is 4.36. The van der Waals surface area contributed by atoms with Gasteiger partial charge in [-0.3, -0.25) is 4.90 Å². The zero-order valence-electron chi connectivity index (χ0n) is 12.4. The third-order valence-corrected chi connectivity index (χ3v) is 5.72. The van der Waals surface area contributed by atoms with Crippen LogP contribution in [0.5, 0.6) is 0 Å². The van der Waals surface area contributed by atoms with Crippen molar-refractivity contribution in [2.75, 3.05) is 44.7 Å². The molecule has 2 aromatic heterocycles. The van der Waals surface area contributed by atoms with Gasteiger partial charge in [-0.25, -0.2) is 9.97 Å². The summed E-state index contributed by atoms with van der Waals surface area (Å²) >= 11 is 7.87. The van der Waals surface area contributed by atoms with E-state index in [1.54, 1.807) is 11.3 Å². The number of fused-ring (bicyclic) bond motifs is 3. The minimum atomic E-state index is 0.335. The minimum absolute atomic E-state index is 0.335. The highest BCUT2D eigenvalue weighted by Crippen LogP contribution is 2.39. The Morgan fingerprint density at radius 2 is 2.09 bits per heavy atom. The average Bonchev–Trinajstić information content (AvgIpc) is 3.08. The van der Waals surface area contributed by atoms with Crippen LogP contribution in [0.4, 0.5) is 5.82 Å². The van der Waals surface area contributed by atoms with Gasteiger partial charge in [-0.05, 0) is 36.4 Å². The summed E-state index contributed by atoms with van der Waals surface area (Å²) in [6, 6.07) is 0. The van der Waals surface area contributed by atoms with Crippen molar-refractivity contribution in [1.82, 2.24) is 14.9 Å². The second kappa shape index (κ2) is 6.28. The van der Waals surface area contributed by atoms with E-state index >= 15 is 0 Å². The van der Waals surface area contributed by atoms with Crippen molar-refractivity contribution in [2.45, 2.75) is 19.3 Å². The van der Waals surface area contributed by atoms with Gasteiger partial charge in [0.1, 0.15) is 10.6 Å². The number of ether oxygens (including phenoxy) is 1. The molecule has 5 nitrogen and oxygen atoms in total. The van der Waals surface area contributed by atoms with Crippen LogP contribution in [0.3, 0.4) is 0 Å². The lowest BCUT2D eigenvalue weighted by molar-refractivity contribution is 0.0398. The lowest BCUT2D eigenvalue weighted by Crippen LogP contribution is -2.39. The van der Waals surface area contributed by atoms with Gasteiger partial charge in [-0.15, -0.1) is 11.3 Å². The first-order valence-electron chi connectivity index (χ1n) is 7.83. The van der Waals surface area contributed by atoms with Crippen LogP contribution >= 0.6 is 22.9 Å². The van der Waals surface area contributed by atoms with Crippen LogP contribution in [0.2, 0.25) is 5.28 Å². The van der Waals surface area contributed by atoms with E-state index in [9.17, 15) is 0 Å². The van der Waals surface area contributed by atoms with Gasteiger partial charge in [0.25, 0.3) is 0 Å². The highest BCUT2D eigenvalue weighted by molar-refractivity contribution is 7.19. The van der Waals surface area contributed by atoms with Crippen molar-refractivity contribution in [1.29, 1.82) is 0 Å². The van der Waals surface area contributed by atoms with Crippen molar-refractivity contribution >= 4 is 39.0 Å². The number of aromatic nitrogens is 2. The van der Waals surface area contributed by atoms with E-state index in [0.29, 0.717) is 5.28 Å². The SMILES string of the molecule is Clc1nc(NCCN2CCOCC2)c2c3c(sc2n1)CCC3. The van der Waals surface area contributed by atoms with E-state index in [-0.39, 0.29) is 0 Å². The number of thiophene rings is 1. The number of aryl methyl sites for hydroxylation is 2. The fraction of sp³-hybridized carbons (Fsp3) is 0.600. The molecule has 1 N–H and O–H groups in total. The molecule has 118 valence electrons. The first-order valence-corrected chi connectivity index (χ1v) is 9.02. The number of halogens is 1. The van der Waals surface area contributed by atoms with Crippen molar-refractivity contribution < 1.29 is 4.74 Å². The van der Waals surface area contributed by atoms with Crippen LogP contribution in [0.25, 0.3) is 10.2 Å². The topological polar surface area (TPSA) is 50.3 Å². The van der Waals surface area contributed by atoms with Crippen LogP contribution in [0, 0.1) is 0 Å². The highest BCUT2D eigenvalue weighted by Gasteiger charge is 2.22. The molecule has 0 aromatic carbocycles. The molecular formula is C15H19ClN4OS. The molecule has 1 saturated heterocycles. The van der Waals surface area contributed by atoms with Crippen LogP contribution in [0.1, 0.15) is 16.9 Å². The molecule has 0 spiro atoms. The number of nitrogens with zero attached hydrogens (tertiary/aromatic N) is 3. The molecule has 0 amide bonds. The molecule has 0 atom stereocenters. The van der Waals surface area contributed by atoms with Gasteiger partial charge in [-0.2, -0.15) is 0 Å². The molecule has 1 fully saturated rings. The quantitative estimate of drug-likeness (QED) is 0.868. The summed E-state index contributed by atoms with van der Waals surface area (Å²) in [5.41, 5.74) is 1.44. The predicted molar refractivity (Wildman–Crippen MR) is 90.2 cm³/mol. The number of morpholine rings is 1. The fourth-order valence-electron chi connectivity index (χ4n) is 3.25. The summed E-state index contributed by atoms with van der Waals surface area (Å²) in [7, 11) is 0. The monoisotopic (exact) mass is 338 g/mol. The van der Waals surface area contributed by atoms with Crippen molar-refractivity contribution in [3.05, 3.63) is 15.7 Å². The van der Waals surface area contributed by atoms with E-state index in [1.807, 2.05) is 0 Å². The number of nitrogens with one attached hydrogen (secondary N) is 1. The Hall–Kier alpha value is -0.950. The number of rotatable bonds is 4. The Kier molecular flexibility index (Phi) is 4.17. The average molecular weight is 339 g/mol. The molecule has 3 heterocycles. The summed E-state index contributed by atoms with van der Waals surface area (Å²) < 4.78 is 5.38. The summed E-state index contributed by atoms with van der Waals surface area (Å²) in [6.45, 7) is 5.56. The van der Waals surface area contributed by atoms with E-state index in [0.717, 1.165) is 56.5 Å². The number of hydrogen-bond donors (Lipinski definition) is 1. The lowest BCUT2D eigenvalue weighted by Gasteiger charge is -2.26. The summed E-state index contributed by atoms with van der Waals surface area (Å²) in [5.74, 6) is 0.905. The molecule has 7 heteroatoms. The van der Waals surface area contributed by atoms with Gasteiger partial charge in [0.15, 0.2) is 0 Å². The van der Waals surface area contributed by atoms with E-state index in [4.69, 9.17) is 16.3 Å². The molecule has 0 saturated carbocycles. The molecule has 0 radical (unpaired) electrons. The lowest BCUT2D eigenvalue weighted by atomic mass is 10.2. The molecule has 0 unspecified atom stereocenters. The zero-order chi connectivity index (χ0) is 14.9. The summed E-state index contributed by atoms with van der Waals surface area (Å²) in [6.07, 6.45) is 3.55. The van der Waals surface area contributed by atoms with Gasteiger partial charge in [0, 0.05) is 31.1 Å². The molecule has 2 aromatic rings. The minimum Gasteiger partial charge on any atom is -0.379 e. The van der Waals surface area contributed by atoms with Gasteiger partial charge in [0.05, 0.1) is 18.6 Å². The largest absolute Gasteiger partial charge is 0.379 e. The molecule has 2 aliphatic rings. The first-order chi connectivity index (χ1) is 10.8. The van der Waals surface area contributed by atoms with Crippen LogP contribution in [-0.2, 0) is 17.6 Å². The third kappa shape index (κ3) is 2.80. The van der Waals surface area contributed by atoms with E-state index < -0.39 is 0 Å². The maximum atomic E-state index is 6.09. The van der Waals surface area contributed by atoms with Crippen LogP contribution in [0.15, 0.2) is 0 Å². The Bertz CT molecular complexity index is 684. The summed E-state index contributed by atoms with van der Waals surface area (Å²) in [4.78, 5) is 13.7. The Morgan fingerprint density at radius 1 is 1.23 bits per heavy atom. The molecule has 1 aliphatic heterocycles. The molecule has 1 aliphatic carbocycles. The first kappa shape index (κ1) is 14.6. The normalized spacial score (nSPS) is 18.8. The second-order valence-electron chi connectivity index (χ2n) is 5.76. The van der Waals surface area contributed by atoms with E-state index in [1.165, 1.54) is 28.7 Å². The van der Waals surface area contributed by atoms with Crippen molar-refractivity contribution in [2.24, 2.45) is 0 Å². The number of hydrogen-bond acceptors (Lipinski definition) is 6. The van der Waals surface area contributed by atoms with Gasteiger partial charge < -0.3 is 10.1 Å². The predicted octanol–water partition coefficient (Wildman–Crippen LogP) is 2.58. The van der Waals surface area contributed by atoms with Crippen molar-refractivity contribution in [3.8, 4) is 0 Å². The van der Waals surface area contributed by atoms with Gasteiger partial charge in [-0.1, -0.05) is 0 Å². The number of anilines is 1. The summed E-state index contributed by atoms with van der Waals surface area (Å²) in [5, 5.41) is 5.01. The van der Waals surface area contributed by atoms with Gasteiger partial charge in [0.2, 0.25) is 5.28 Å². The molecule has 0 bridgehead atoms. The Labute approximate surface area is 138 Å². The van der Waals surface area contributed by atoms with E-state index in [2.05, 4.69) is 20.2 Å². The standard InChI is InChI=1S/C15H19ClN4OS/c16-15-18-13(17-4-5-20-6-8-21-9-7-20)12-10-2-1-3-11(10)22-14(12)19-15/h1-9H2,(H,17,18,19). The smallest absolute Gasteiger partial charge is 0.225 e. The zero-order valence-corrected chi connectivity index (χ0v) is 14.0. The maximum Gasteiger partial charge on any atom is 0.225 e. The Morgan fingerprint density at radius 3 is 2.95 bits per heavy atom. The molecular weight excluding hydrogens is 320 g/mol. The highest BCUT2D eigenvalue weighted by atomic mass is 35.5. The molecule has 4 rings (SSSR count). The van der Waals surface area contributed by atoms with Crippen LogP contribution < -0.4 is 5.32 Å². The molecule has 22 heavy (non-hydrogen) atoms. The van der Waals surface area contributed by atoms with Crippen LogP contribution in [-0.4, -0.2) is 54.3 Å². The second-order valence-corrected chi connectivity index (χ2v) is 7.18. The maximum absolute atomic E-state index is 6.09. The van der Waals surface area contributed by atoms with Crippen molar-refractivity contribution in [3.63, 3.8) is 0 Å².